The van der Waals surface area contributed by atoms with E-state index in [9.17, 15) is 0 Å². The van der Waals surface area contributed by atoms with Gasteiger partial charge in [0.25, 0.3) is 0 Å². The maximum atomic E-state index is 9.03. The van der Waals surface area contributed by atoms with Crippen LogP contribution < -0.4 is 5.32 Å². The van der Waals surface area contributed by atoms with Gasteiger partial charge in [-0.25, -0.2) is 0 Å². The fourth-order valence-electron chi connectivity index (χ4n) is 2.42. The van der Waals surface area contributed by atoms with Gasteiger partial charge in [0.05, 0.1) is 0 Å². The van der Waals surface area contributed by atoms with Gasteiger partial charge in [-0.1, -0.05) is 44.2 Å². The van der Waals surface area contributed by atoms with Crippen molar-refractivity contribution in [3.63, 3.8) is 0 Å². The summed E-state index contributed by atoms with van der Waals surface area (Å²) in [5.41, 5.74) is 2.75. The molecule has 1 heterocycles. The van der Waals surface area contributed by atoms with E-state index in [1.165, 1.54) is 11.1 Å². The molecule has 0 unspecified atom stereocenters. The second kappa shape index (κ2) is 7.43. The number of rotatable bonds is 8. The van der Waals surface area contributed by atoms with Crippen molar-refractivity contribution in [2.45, 2.75) is 33.4 Å². The molecule has 21 heavy (non-hydrogen) atoms. The molecule has 0 fully saturated rings. The Kier molecular flexibility index (Phi) is 5.59. The van der Waals surface area contributed by atoms with E-state index < -0.39 is 0 Å². The van der Waals surface area contributed by atoms with Crippen LogP contribution in [0, 0.1) is 5.41 Å². The Morgan fingerprint density at radius 2 is 1.86 bits per heavy atom. The third-order valence-electron chi connectivity index (χ3n) is 3.74. The zero-order chi connectivity index (χ0) is 15.1. The van der Waals surface area contributed by atoms with Crippen LogP contribution in [0.15, 0.2) is 48.8 Å². The normalized spacial score (nSPS) is 11.8. The molecular formula is C18H26N2O. The van der Waals surface area contributed by atoms with E-state index in [1.54, 1.807) is 0 Å². The van der Waals surface area contributed by atoms with Crippen LogP contribution in [0.3, 0.4) is 0 Å². The highest BCUT2D eigenvalue weighted by atomic mass is 16.3. The first-order valence-electron chi connectivity index (χ1n) is 7.59. The minimum absolute atomic E-state index is 0.140. The highest BCUT2D eigenvalue weighted by Gasteiger charge is 2.16. The molecule has 3 heteroatoms. The molecule has 0 aliphatic heterocycles. The Hall–Kier alpha value is -1.58. The van der Waals surface area contributed by atoms with E-state index in [0.717, 1.165) is 26.1 Å². The molecule has 0 amide bonds. The topological polar surface area (TPSA) is 37.2 Å². The van der Waals surface area contributed by atoms with Gasteiger partial charge >= 0.3 is 0 Å². The maximum absolute atomic E-state index is 9.03. The molecule has 1 aromatic carbocycles. The van der Waals surface area contributed by atoms with Crippen LogP contribution in [-0.4, -0.2) is 22.8 Å². The molecule has 0 saturated heterocycles. The summed E-state index contributed by atoms with van der Waals surface area (Å²) in [6.45, 7) is 7.31. The monoisotopic (exact) mass is 286 g/mol. The highest BCUT2D eigenvalue weighted by Crippen LogP contribution is 2.18. The smallest absolute Gasteiger partial charge is 0.0470 e. The average Bonchev–Trinajstić information content (AvgIpc) is 2.87. The van der Waals surface area contributed by atoms with Gasteiger partial charge in [-0.05, 0) is 29.0 Å². The molecule has 0 aliphatic rings. The van der Waals surface area contributed by atoms with Crippen LogP contribution in [0.5, 0.6) is 0 Å². The van der Waals surface area contributed by atoms with E-state index >= 15 is 0 Å². The van der Waals surface area contributed by atoms with Crippen molar-refractivity contribution in [2.24, 2.45) is 5.41 Å². The van der Waals surface area contributed by atoms with Crippen molar-refractivity contribution in [1.29, 1.82) is 0 Å². The predicted molar refractivity (Wildman–Crippen MR) is 87.2 cm³/mol. The summed E-state index contributed by atoms with van der Waals surface area (Å²) < 4.78 is 2.21. The van der Waals surface area contributed by atoms with E-state index in [0.29, 0.717) is 0 Å². The number of hydrogen-bond acceptors (Lipinski definition) is 2. The second-order valence-corrected chi connectivity index (χ2v) is 6.42. The molecule has 2 aromatic rings. The Morgan fingerprint density at radius 1 is 1.10 bits per heavy atom. The molecule has 3 nitrogen and oxygen atoms in total. The van der Waals surface area contributed by atoms with Crippen LogP contribution >= 0.6 is 0 Å². The Labute approximate surface area is 127 Å². The highest BCUT2D eigenvalue weighted by molar-refractivity contribution is 5.17. The fourth-order valence-corrected chi connectivity index (χ4v) is 2.42. The lowest BCUT2D eigenvalue weighted by Crippen LogP contribution is -2.29. The number of benzene rings is 1. The molecular weight excluding hydrogens is 260 g/mol. The fraction of sp³-hybridized carbons (Fsp3) is 0.444. The summed E-state index contributed by atoms with van der Waals surface area (Å²) in [5.74, 6) is 0. The standard InChI is InChI=1S/C18H26N2O/c1-18(2,9-11-21)15-19-12-17-8-10-20(14-17)13-16-6-4-3-5-7-16/h3-8,10,14,19,21H,9,11-13,15H2,1-2H3. The number of aliphatic hydroxyl groups excluding tert-OH is 1. The van der Waals surface area contributed by atoms with Crippen LogP contribution in [0.2, 0.25) is 0 Å². The summed E-state index contributed by atoms with van der Waals surface area (Å²) in [6, 6.07) is 12.7. The quantitative estimate of drug-likeness (QED) is 0.782. The summed E-state index contributed by atoms with van der Waals surface area (Å²) >= 11 is 0. The van der Waals surface area contributed by atoms with Gasteiger partial charge in [-0.2, -0.15) is 0 Å². The molecule has 0 atom stereocenters. The largest absolute Gasteiger partial charge is 0.396 e. The summed E-state index contributed by atoms with van der Waals surface area (Å²) in [6.07, 6.45) is 5.15. The van der Waals surface area contributed by atoms with Crippen LogP contribution in [-0.2, 0) is 13.1 Å². The molecule has 0 aliphatic carbocycles. The SMILES string of the molecule is CC(C)(CCO)CNCc1ccn(Cc2ccccc2)c1. The van der Waals surface area contributed by atoms with Gasteiger partial charge in [0, 0.05) is 38.6 Å². The van der Waals surface area contributed by atoms with Gasteiger partial charge in [-0.3, -0.25) is 0 Å². The first-order valence-corrected chi connectivity index (χ1v) is 7.59. The zero-order valence-electron chi connectivity index (χ0n) is 13.0. The van der Waals surface area contributed by atoms with Crippen LogP contribution in [0.1, 0.15) is 31.4 Å². The predicted octanol–water partition coefficient (Wildman–Crippen LogP) is 3.03. The number of aromatic nitrogens is 1. The van der Waals surface area contributed by atoms with Crippen LogP contribution in [0.4, 0.5) is 0 Å². The van der Waals surface area contributed by atoms with E-state index in [4.69, 9.17) is 5.11 Å². The summed E-state index contributed by atoms with van der Waals surface area (Å²) in [7, 11) is 0. The molecule has 114 valence electrons. The maximum Gasteiger partial charge on any atom is 0.0470 e. The van der Waals surface area contributed by atoms with Gasteiger partial charge in [-0.15, -0.1) is 0 Å². The van der Waals surface area contributed by atoms with Gasteiger partial charge in [0.2, 0.25) is 0 Å². The number of aliphatic hydroxyl groups is 1. The van der Waals surface area contributed by atoms with Crippen molar-refractivity contribution < 1.29 is 5.11 Å². The minimum atomic E-state index is 0.140. The zero-order valence-corrected chi connectivity index (χ0v) is 13.0. The molecule has 0 bridgehead atoms. The van der Waals surface area contributed by atoms with Crippen molar-refractivity contribution >= 4 is 0 Å². The third kappa shape index (κ3) is 5.37. The molecule has 2 rings (SSSR count). The van der Waals surface area contributed by atoms with Gasteiger partial charge < -0.3 is 15.0 Å². The summed E-state index contributed by atoms with van der Waals surface area (Å²) in [4.78, 5) is 0. The van der Waals surface area contributed by atoms with E-state index in [1.807, 2.05) is 6.07 Å². The Morgan fingerprint density at radius 3 is 2.57 bits per heavy atom. The molecule has 2 N–H and O–H groups in total. The van der Waals surface area contributed by atoms with E-state index in [2.05, 4.69) is 66.5 Å². The molecule has 0 radical (unpaired) electrons. The van der Waals surface area contributed by atoms with Gasteiger partial charge in [0.15, 0.2) is 0 Å². The first kappa shape index (κ1) is 15.8. The lowest BCUT2D eigenvalue weighted by Gasteiger charge is -2.23. The second-order valence-electron chi connectivity index (χ2n) is 6.42. The summed E-state index contributed by atoms with van der Waals surface area (Å²) in [5, 5.41) is 12.5. The Bertz CT molecular complexity index is 531. The minimum Gasteiger partial charge on any atom is -0.396 e. The number of nitrogens with zero attached hydrogens (tertiary/aromatic N) is 1. The van der Waals surface area contributed by atoms with Crippen molar-refractivity contribution in [2.75, 3.05) is 13.2 Å². The van der Waals surface area contributed by atoms with Crippen LogP contribution in [0.25, 0.3) is 0 Å². The lowest BCUT2D eigenvalue weighted by atomic mass is 9.90. The third-order valence-corrected chi connectivity index (χ3v) is 3.74. The first-order chi connectivity index (χ1) is 10.1. The molecule has 1 aromatic heterocycles. The molecule has 0 spiro atoms. The van der Waals surface area contributed by atoms with Crippen molar-refractivity contribution in [3.05, 3.63) is 59.9 Å². The molecule has 0 saturated carbocycles. The number of nitrogens with one attached hydrogen (secondary N) is 1. The average molecular weight is 286 g/mol. The van der Waals surface area contributed by atoms with Crippen molar-refractivity contribution in [1.82, 2.24) is 9.88 Å². The lowest BCUT2D eigenvalue weighted by molar-refractivity contribution is 0.207. The van der Waals surface area contributed by atoms with Crippen molar-refractivity contribution in [3.8, 4) is 0 Å². The van der Waals surface area contributed by atoms with E-state index in [-0.39, 0.29) is 12.0 Å². The van der Waals surface area contributed by atoms with Gasteiger partial charge in [0.1, 0.15) is 0 Å². The Balaban J connectivity index is 1.81. The number of hydrogen-bond donors (Lipinski definition) is 2.